The third-order valence-electron chi connectivity index (χ3n) is 4.27. The predicted octanol–water partition coefficient (Wildman–Crippen LogP) is 4.76. The Bertz CT molecular complexity index is 562. The standard InChI is InChI=1S/C22H36N2O3/c1-6-7-15-26-21-17-19(2)22(20(3)18-21)27-16-11-9-8-10-13-24(4)14-12-23-25-5/h6-7,12,17-18H,8-11,13-16H2,1-5H3/b7-6+,23-12?. The highest BCUT2D eigenvalue weighted by molar-refractivity contribution is 5.58. The number of unbranched alkanes of at least 4 members (excludes halogenated alkanes) is 3. The van der Waals surface area contributed by atoms with Gasteiger partial charge in [0.2, 0.25) is 0 Å². The van der Waals surface area contributed by atoms with Crippen LogP contribution in [0.5, 0.6) is 11.5 Å². The number of hydrogen-bond donors (Lipinski definition) is 0. The van der Waals surface area contributed by atoms with Gasteiger partial charge in [-0.15, -0.1) is 0 Å². The third-order valence-corrected chi connectivity index (χ3v) is 4.27. The maximum atomic E-state index is 6.03. The minimum Gasteiger partial charge on any atom is -0.493 e. The number of nitrogens with zero attached hydrogens (tertiary/aromatic N) is 2. The van der Waals surface area contributed by atoms with E-state index >= 15 is 0 Å². The highest BCUT2D eigenvalue weighted by Gasteiger charge is 2.07. The van der Waals surface area contributed by atoms with E-state index in [4.69, 9.17) is 9.47 Å². The lowest BCUT2D eigenvalue weighted by Gasteiger charge is -2.15. The quantitative estimate of drug-likeness (QED) is 0.203. The molecule has 0 aromatic heterocycles. The molecular formula is C22H36N2O3. The van der Waals surface area contributed by atoms with Gasteiger partial charge in [-0.2, -0.15) is 0 Å². The summed E-state index contributed by atoms with van der Waals surface area (Å²) >= 11 is 0. The van der Waals surface area contributed by atoms with E-state index in [0.717, 1.165) is 48.7 Å². The molecule has 0 atom stereocenters. The van der Waals surface area contributed by atoms with E-state index in [1.807, 2.05) is 19.1 Å². The molecule has 0 saturated heterocycles. The van der Waals surface area contributed by atoms with Gasteiger partial charge >= 0.3 is 0 Å². The van der Waals surface area contributed by atoms with Crippen molar-refractivity contribution >= 4 is 6.21 Å². The Morgan fingerprint density at radius 2 is 1.74 bits per heavy atom. The Labute approximate surface area is 165 Å². The van der Waals surface area contributed by atoms with Crippen molar-refractivity contribution in [1.29, 1.82) is 0 Å². The fraction of sp³-hybridized carbons (Fsp3) is 0.591. The van der Waals surface area contributed by atoms with Crippen LogP contribution in [-0.2, 0) is 4.84 Å². The van der Waals surface area contributed by atoms with Gasteiger partial charge in [0.15, 0.2) is 0 Å². The van der Waals surface area contributed by atoms with Gasteiger partial charge < -0.3 is 19.2 Å². The maximum Gasteiger partial charge on any atom is 0.125 e. The van der Waals surface area contributed by atoms with Gasteiger partial charge in [-0.25, -0.2) is 0 Å². The number of ether oxygens (including phenoxy) is 2. The summed E-state index contributed by atoms with van der Waals surface area (Å²) in [6, 6.07) is 4.10. The first-order chi connectivity index (χ1) is 13.1. The monoisotopic (exact) mass is 376 g/mol. The Hall–Kier alpha value is -2.01. The first-order valence-electron chi connectivity index (χ1n) is 9.80. The highest BCUT2D eigenvalue weighted by Crippen LogP contribution is 2.28. The molecule has 0 aliphatic heterocycles. The highest BCUT2D eigenvalue weighted by atomic mass is 16.6. The van der Waals surface area contributed by atoms with Gasteiger partial charge in [0, 0.05) is 6.54 Å². The molecule has 1 aromatic carbocycles. The summed E-state index contributed by atoms with van der Waals surface area (Å²) in [5, 5.41) is 3.75. The lowest BCUT2D eigenvalue weighted by Crippen LogP contribution is -2.21. The van der Waals surface area contributed by atoms with E-state index in [-0.39, 0.29) is 0 Å². The summed E-state index contributed by atoms with van der Waals surface area (Å²) in [5.74, 6) is 1.89. The molecule has 0 unspecified atom stereocenters. The zero-order valence-electron chi connectivity index (χ0n) is 17.7. The first-order valence-corrected chi connectivity index (χ1v) is 9.80. The number of rotatable bonds is 14. The first kappa shape index (κ1) is 23.0. The Kier molecular flexibility index (Phi) is 12.0. The van der Waals surface area contributed by atoms with Gasteiger partial charge in [0.05, 0.1) is 12.8 Å². The molecule has 0 aliphatic carbocycles. The second-order valence-corrected chi connectivity index (χ2v) is 6.76. The van der Waals surface area contributed by atoms with Crippen LogP contribution in [0.2, 0.25) is 0 Å². The van der Waals surface area contributed by atoms with E-state index in [9.17, 15) is 0 Å². The zero-order valence-corrected chi connectivity index (χ0v) is 17.7. The third kappa shape index (κ3) is 10.0. The number of hydrogen-bond acceptors (Lipinski definition) is 5. The lowest BCUT2D eigenvalue weighted by molar-refractivity contribution is 0.213. The molecule has 0 bridgehead atoms. The molecule has 1 aromatic rings. The van der Waals surface area contributed by atoms with Crippen molar-refractivity contribution in [3.8, 4) is 11.5 Å². The molecule has 1 rings (SSSR count). The molecule has 0 fully saturated rings. The summed E-state index contributed by atoms with van der Waals surface area (Å²) in [6.07, 6.45) is 10.4. The van der Waals surface area contributed by atoms with Crippen molar-refractivity contribution in [2.75, 3.05) is 40.5 Å². The van der Waals surface area contributed by atoms with Crippen molar-refractivity contribution < 1.29 is 14.3 Å². The zero-order chi connectivity index (χ0) is 19.9. The lowest BCUT2D eigenvalue weighted by atomic mass is 10.1. The SMILES string of the molecule is C/C=C/COc1cc(C)c(OCCCCCCN(C)CC=NOC)c(C)c1. The van der Waals surface area contributed by atoms with Gasteiger partial charge in [-0.1, -0.05) is 30.1 Å². The van der Waals surface area contributed by atoms with Gasteiger partial charge in [0.1, 0.15) is 25.2 Å². The minimum atomic E-state index is 0.601. The van der Waals surface area contributed by atoms with Crippen molar-refractivity contribution in [3.05, 3.63) is 35.4 Å². The van der Waals surface area contributed by atoms with Crippen LogP contribution in [0, 0.1) is 13.8 Å². The molecular weight excluding hydrogens is 340 g/mol. The molecule has 0 N–H and O–H groups in total. The Morgan fingerprint density at radius 3 is 2.41 bits per heavy atom. The molecule has 0 saturated carbocycles. The van der Waals surface area contributed by atoms with Gasteiger partial charge in [-0.3, -0.25) is 0 Å². The van der Waals surface area contributed by atoms with Crippen LogP contribution in [0.15, 0.2) is 29.4 Å². The molecule has 0 spiro atoms. The summed E-state index contributed by atoms with van der Waals surface area (Å²) in [4.78, 5) is 6.90. The summed E-state index contributed by atoms with van der Waals surface area (Å²) in [5.41, 5.74) is 2.26. The molecule has 152 valence electrons. The van der Waals surface area contributed by atoms with Crippen LogP contribution in [0.4, 0.5) is 0 Å². The van der Waals surface area contributed by atoms with Crippen LogP contribution in [-0.4, -0.2) is 51.6 Å². The molecule has 0 amide bonds. The van der Waals surface area contributed by atoms with Crippen LogP contribution < -0.4 is 9.47 Å². The Morgan fingerprint density at radius 1 is 1.04 bits per heavy atom. The maximum absolute atomic E-state index is 6.03. The van der Waals surface area contributed by atoms with E-state index in [1.165, 1.54) is 19.3 Å². The van der Waals surface area contributed by atoms with Crippen molar-refractivity contribution in [2.24, 2.45) is 5.16 Å². The Balaban J connectivity index is 2.23. The van der Waals surface area contributed by atoms with Crippen LogP contribution >= 0.6 is 0 Å². The fourth-order valence-electron chi connectivity index (χ4n) is 2.81. The smallest absolute Gasteiger partial charge is 0.125 e. The average Bonchev–Trinajstić information content (AvgIpc) is 2.63. The van der Waals surface area contributed by atoms with Crippen molar-refractivity contribution in [3.63, 3.8) is 0 Å². The number of oxime groups is 1. The summed E-state index contributed by atoms with van der Waals surface area (Å²) in [6.45, 7) is 9.41. The molecule has 5 nitrogen and oxygen atoms in total. The molecule has 0 aliphatic rings. The van der Waals surface area contributed by atoms with Crippen LogP contribution in [0.25, 0.3) is 0 Å². The van der Waals surface area contributed by atoms with Gasteiger partial charge in [0.25, 0.3) is 0 Å². The number of benzene rings is 1. The number of allylic oxidation sites excluding steroid dienone is 1. The van der Waals surface area contributed by atoms with Crippen LogP contribution in [0.3, 0.4) is 0 Å². The van der Waals surface area contributed by atoms with Crippen molar-refractivity contribution in [1.82, 2.24) is 4.90 Å². The fourth-order valence-corrected chi connectivity index (χ4v) is 2.81. The minimum absolute atomic E-state index is 0.601. The largest absolute Gasteiger partial charge is 0.493 e. The normalized spacial score (nSPS) is 11.6. The molecule has 27 heavy (non-hydrogen) atoms. The predicted molar refractivity (Wildman–Crippen MR) is 113 cm³/mol. The topological polar surface area (TPSA) is 43.3 Å². The summed E-state index contributed by atoms with van der Waals surface area (Å²) in [7, 11) is 3.66. The average molecular weight is 377 g/mol. The van der Waals surface area contributed by atoms with Gasteiger partial charge in [-0.05, 0) is 70.5 Å². The number of aryl methyl sites for hydroxylation is 2. The molecule has 0 radical (unpaired) electrons. The summed E-state index contributed by atoms with van der Waals surface area (Å²) < 4.78 is 11.8. The van der Waals surface area contributed by atoms with E-state index < -0.39 is 0 Å². The molecule has 5 heteroatoms. The van der Waals surface area contributed by atoms with E-state index in [2.05, 4.69) is 47.9 Å². The molecule has 0 heterocycles. The second-order valence-electron chi connectivity index (χ2n) is 6.76. The van der Waals surface area contributed by atoms with E-state index in [0.29, 0.717) is 6.61 Å². The van der Waals surface area contributed by atoms with Crippen LogP contribution in [0.1, 0.15) is 43.7 Å². The van der Waals surface area contributed by atoms with E-state index in [1.54, 1.807) is 13.3 Å². The van der Waals surface area contributed by atoms with Crippen molar-refractivity contribution in [2.45, 2.75) is 46.5 Å². The second kappa shape index (κ2) is 14.1.